The summed E-state index contributed by atoms with van der Waals surface area (Å²) in [6, 6.07) is 9.54. The fourth-order valence-electron chi connectivity index (χ4n) is 4.66. The number of rotatable bonds is 7. The third-order valence-corrected chi connectivity index (χ3v) is 6.67. The SMILES string of the molecule is CNC(=O)c1ccnc2c([C@H](C)CNc3cc(-c4cnc(N5CCCC(O)C5)nc4)ncn3)cccc12. The van der Waals surface area contributed by atoms with Crippen LogP contribution in [0.1, 0.15) is 41.6 Å². The molecule has 37 heavy (non-hydrogen) atoms. The van der Waals surface area contributed by atoms with E-state index in [4.69, 9.17) is 0 Å². The number of carbonyl (C=O) groups excluding carboxylic acids is 1. The molecule has 10 heteroatoms. The van der Waals surface area contributed by atoms with Crippen LogP contribution in [0.4, 0.5) is 11.8 Å². The molecular weight excluding hydrogens is 468 g/mol. The van der Waals surface area contributed by atoms with Gasteiger partial charge in [0, 0.05) is 68.2 Å². The second-order valence-corrected chi connectivity index (χ2v) is 9.27. The molecule has 0 aliphatic carbocycles. The highest BCUT2D eigenvalue weighted by atomic mass is 16.3. The van der Waals surface area contributed by atoms with Gasteiger partial charge in [0.05, 0.1) is 22.9 Å². The molecule has 0 radical (unpaired) electrons. The van der Waals surface area contributed by atoms with Crippen LogP contribution >= 0.6 is 0 Å². The van der Waals surface area contributed by atoms with Crippen LogP contribution in [0.3, 0.4) is 0 Å². The lowest BCUT2D eigenvalue weighted by molar-refractivity contribution is 0.0964. The van der Waals surface area contributed by atoms with Crippen molar-refractivity contribution in [2.24, 2.45) is 0 Å². The maximum Gasteiger partial charge on any atom is 0.251 e. The molecule has 1 aliphatic rings. The van der Waals surface area contributed by atoms with Crippen LogP contribution < -0.4 is 15.5 Å². The lowest BCUT2D eigenvalue weighted by Crippen LogP contribution is -2.39. The van der Waals surface area contributed by atoms with Crippen molar-refractivity contribution in [3.8, 4) is 11.3 Å². The zero-order chi connectivity index (χ0) is 25.8. The molecule has 4 heterocycles. The zero-order valence-electron chi connectivity index (χ0n) is 20.9. The number of β-amino-alcohol motifs (C(OH)–C–C–N with tert-alkyl or cyclic N) is 1. The number of amides is 1. The number of anilines is 2. The van der Waals surface area contributed by atoms with E-state index in [1.165, 1.54) is 6.33 Å². The van der Waals surface area contributed by atoms with Gasteiger partial charge in [-0.15, -0.1) is 0 Å². The number of benzene rings is 1. The van der Waals surface area contributed by atoms with Gasteiger partial charge in [-0.25, -0.2) is 19.9 Å². The molecule has 2 atom stereocenters. The van der Waals surface area contributed by atoms with Crippen LogP contribution in [0.5, 0.6) is 0 Å². The largest absolute Gasteiger partial charge is 0.391 e. The summed E-state index contributed by atoms with van der Waals surface area (Å²) in [7, 11) is 1.63. The van der Waals surface area contributed by atoms with Gasteiger partial charge in [-0.1, -0.05) is 25.1 Å². The number of aliphatic hydroxyl groups excluding tert-OH is 1. The van der Waals surface area contributed by atoms with E-state index in [1.54, 1.807) is 31.7 Å². The summed E-state index contributed by atoms with van der Waals surface area (Å²) in [6.07, 6.45) is 8.11. The topological polar surface area (TPSA) is 129 Å². The van der Waals surface area contributed by atoms with Crippen molar-refractivity contribution in [3.63, 3.8) is 0 Å². The van der Waals surface area contributed by atoms with Crippen molar-refractivity contribution in [3.05, 3.63) is 66.4 Å². The molecule has 1 saturated heterocycles. The Labute approximate surface area is 215 Å². The van der Waals surface area contributed by atoms with Gasteiger partial charge in [-0.3, -0.25) is 9.78 Å². The Morgan fingerprint density at radius 1 is 1.16 bits per heavy atom. The predicted molar refractivity (Wildman–Crippen MR) is 143 cm³/mol. The number of carbonyl (C=O) groups is 1. The van der Waals surface area contributed by atoms with E-state index < -0.39 is 0 Å². The molecule has 10 nitrogen and oxygen atoms in total. The Balaban J connectivity index is 1.29. The van der Waals surface area contributed by atoms with Gasteiger partial charge in [0.2, 0.25) is 5.95 Å². The fraction of sp³-hybridized carbons (Fsp3) is 0.333. The summed E-state index contributed by atoms with van der Waals surface area (Å²) in [5, 5.41) is 16.8. The van der Waals surface area contributed by atoms with Gasteiger partial charge in [-0.2, -0.15) is 0 Å². The molecule has 190 valence electrons. The number of hydrogen-bond donors (Lipinski definition) is 3. The summed E-state index contributed by atoms with van der Waals surface area (Å²) < 4.78 is 0. The highest BCUT2D eigenvalue weighted by molar-refractivity contribution is 6.06. The molecule has 1 unspecified atom stereocenters. The Bertz CT molecular complexity index is 1400. The number of fused-ring (bicyclic) bond motifs is 1. The number of nitrogens with zero attached hydrogens (tertiary/aromatic N) is 6. The minimum absolute atomic E-state index is 0.108. The highest BCUT2D eigenvalue weighted by Crippen LogP contribution is 2.27. The Morgan fingerprint density at radius 2 is 2.00 bits per heavy atom. The van der Waals surface area contributed by atoms with Crippen LogP contribution in [-0.2, 0) is 0 Å². The monoisotopic (exact) mass is 498 g/mol. The van der Waals surface area contributed by atoms with Crippen molar-refractivity contribution in [1.82, 2.24) is 30.2 Å². The van der Waals surface area contributed by atoms with Crippen molar-refractivity contribution < 1.29 is 9.90 Å². The number of aromatic nitrogens is 5. The zero-order valence-corrected chi connectivity index (χ0v) is 20.9. The molecule has 1 fully saturated rings. The highest BCUT2D eigenvalue weighted by Gasteiger charge is 2.20. The lowest BCUT2D eigenvalue weighted by Gasteiger charge is -2.29. The molecule has 1 aliphatic heterocycles. The number of para-hydroxylation sites is 1. The number of nitrogens with one attached hydrogen (secondary N) is 2. The molecule has 3 aromatic heterocycles. The molecular formula is C27H30N8O2. The molecule has 1 aromatic carbocycles. The smallest absolute Gasteiger partial charge is 0.251 e. The molecule has 4 aromatic rings. The molecule has 0 bridgehead atoms. The Morgan fingerprint density at radius 3 is 2.78 bits per heavy atom. The van der Waals surface area contributed by atoms with E-state index in [1.807, 2.05) is 29.2 Å². The summed E-state index contributed by atoms with van der Waals surface area (Å²) in [4.78, 5) is 36.6. The number of hydrogen-bond acceptors (Lipinski definition) is 9. The van der Waals surface area contributed by atoms with Gasteiger partial charge < -0.3 is 20.6 Å². The maximum absolute atomic E-state index is 12.3. The third kappa shape index (κ3) is 5.34. The first-order chi connectivity index (χ1) is 18.0. The first-order valence-corrected chi connectivity index (χ1v) is 12.4. The van der Waals surface area contributed by atoms with Gasteiger partial charge in [-0.05, 0) is 24.5 Å². The average Bonchev–Trinajstić information content (AvgIpc) is 2.95. The second kappa shape index (κ2) is 10.8. The van der Waals surface area contributed by atoms with E-state index >= 15 is 0 Å². The van der Waals surface area contributed by atoms with Crippen LogP contribution in [0, 0.1) is 0 Å². The lowest BCUT2D eigenvalue weighted by atomic mass is 9.96. The average molecular weight is 499 g/mol. The van der Waals surface area contributed by atoms with Gasteiger partial charge in [0.15, 0.2) is 0 Å². The molecule has 0 saturated carbocycles. The fourth-order valence-corrected chi connectivity index (χ4v) is 4.66. The summed E-state index contributed by atoms with van der Waals surface area (Å²) >= 11 is 0. The van der Waals surface area contributed by atoms with Crippen molar-refractivity contribution in [2.75, 3.05) is 36.9 Å². The van der Waals surface area contributed by atoms with Crippen LogP contribution in [0.2, 0.25) is 0 Å². The van der Waals surface area contributed by atoms with E-state index in [9.17, 15) is 9.90 Å². The van der Waals surface area contributed by atoms with Crippen LogP contribution in [-0.4, -0.2) is 68.7 Å². The van der Waals surface area contributed by atoms with E-state index in [0.29, 0.717) is 30.4 Å². The first kappa shape index (κ1) is 24.5. The van der Waals surface area contributed by atoms with E-state index in [2.05, 4.69) is 42.5 Å². The van der Waals surface area contributed by atoms with Crippen molar-refractivity contribution >= 4 is 28.6 Å². The van der Waals surface area contributed by atoms with E-state index in [0.717, 1.165) is 47.1 Å². The molecule has 3 N–H and O–H groups in total. The number of piperidine rings is 1. The molecule has 1 amide bonds. The maximum atomic E-state index is 12.3. The van der Waals surface area contributed by atoms with Crippen LogP contribution in [0.25, 0.3) is 22.2 Å². The summed E-state index contributed by atoms with van der Waals surface area (Å²) in [6.45, 7) is 4.13. The predicted octanol–water partition coefficient (Wildman–Crippen LogP) is 3.02. The summed E-state index contributed by atoms with van der Waals surface area (Å²) in [5.41, 5.74) is 3.99. The van der Waals surface area contributed by atoms with Crippen molar-refractivity contribution in [1.29, 1.82) is 0 Å². The summed E-state index contributed by atoms with van der Waals surface area (Å²) in [5.74, 6) is 1.29. The minimum Gasteiger partial charge on any atom is -0.391 e. The number of pyridine rings is 1. The Kier molecular flexibility index (Phi) is 7.18. The molecule has 0 spiro atoms. The molecule has 5 rings (SSSR count). The van der Waals surface area contributed by atoms with Crippen LogP contribution in [0.15, 0.2) is 55.2 Å². The normalized spacial score (nSPS) is 16.4. The third-order valence-electron chi connectivity index (χ3n) is 6.67. The van der Waals surface area contributed by atoms with E-state index in [-0.39, 0.29) is 17.9 Å². The Hall–Kier alpha value is -4.18. The quantitative estimate of drug-likeness (QED) is 0.352. The minimum atomic E-state index is -0.336. The number of aliphatic hydroxyl groups is 1. The van der Waals surface area contributed by atoms with Gasteiger partial charge >= 0.3 is 0 Å². The second-order valence-electron chi connectivity index (χ2n) is 9.27. The standard InChI is InChI=1S/C27H30N8O2/c1-17(20-6-3-7-21-22(26(37)28-2)8-9-29-25(20)21)12-30-24-11-23(33-16-34-24)18-13-31-27(32-14-18)35-10-4-5-19(36)15-35/h3,6-9,11,13-14,16-17,19,36H,4-5,10,12,15H2,1-2H3,(H,28,37)(H,30,33,34)/t17-,19?/m1/s1. The van der Waals surface area contributed by atoms with Gasteiger partial charge in [0.25, 0.3) is 5.91 Å². The van der Waals surface area contributed by atoms with Gasteiger partial charge in [0.1, 0.15) is 12.1 Å². The first-order valence-electron chi connectivity index (χ1n) is 12.4. The van der Waals surface area contributed by atoms with Crippen molar-refractivity contribution in [2.45, 2.75) is 31.8 Å².